The van der Waals surface area contributed by atoms with Gasteiger partial charge in [0.15, 0.2) is 0 Å². The minimum absolute atomic E-state index is 0.128. The topological polar surface area (TPSA) is 75.9 Å². The van der Waals surface area contributed by atoms with Gasteiger partial charge in [0.2, 0.25) is 11.9 Å². The van der Waals surface area contributed by atoms with Crippen molar-refractivity contribution in [2.75, 3.05) is 16.8 Å². The summed E-state index contributed by atoms with van der Waals surface area (Å²) < 4.78 is 17.8. The van der Waals surface area contributed by atoms with Crippen molar-refractivity contribution in [3.63, 3.8) is 0 Å². The molecule has 1 N–H and O–H groups in total. The number of carbonyl (C=O) groups excluding carboxylic acids is 1. The number of nitrogens with zero attached hydrogens (tertiary/aromatic N) is 5. The molecule has 7 nitrogen and oxygen atoms in total. The van der Waals surface area contributed by atoms with Gasteiger partial charge in [0, 0.05) is 35.9 Å². The van der Waals surface area contributed by atoms with Crippen LogP contribution in [-0.4, -0.2) is 32.2 Å². The van der Waals surface area contributed by atoms with Gasteiger partial charge < -0.3 is 10.2 Å². The summed E-state index contributed by atoms with van der Waals surface area (Å²) in [5.74, 6) is 0.575. The fourth-order valence-corrected chi connectivity index (χ4v) is 4.41. The highest BCUT2D eigenvalue weighted by molar-refractivity contribution is 9.10. The lowest BCUT2D eigenvalue weighted by atomic mass is 10.0. The number of fused-ring (bicyclic) bond motifs is 1. The lowest BCUT2D eigenvalue weighted by Gasteiger charge is -2.19. The van der Waals surface area contributed by atoms with Crippen molar-refractivity contribution in [2.45, 2.75) is 12.8 Å². The zero-order valence-electron chi connectivity index (χ0n) is 17.8. The number of carbonyl (C=O) groups is 1. The molecule has 2 aromatic carbocycles. The number of benzene rings is 2. The van der Waals surface area contributed by atoms with Crippen LogP contribution in [0.15, 0.2) is 65.4 Å². The van der Waals surface area contributed by atoms with Crippen molar-refractivity contribution in [3.05, 3.63) is 82.3 Å². The second kappa shape index (κ2) is 8.74. The predicted molar refractivity (Wildman–Crippen MR) is 128 cm³/mol. The van der Waals surface area contributed by atoms with E-state index in [-0.39, 0.29) is 12.3 Å². The number of nitrogens with one attached hydrogen (secondary N) is 1. The minimum atomic E-state index is -0.430. The van der Waals surface area contributed by atoms with Crippen molar-refractivity contribution >= 4 is 39.3 Å². The first-order valence-electron chi connectivity index (χ1n) is 10.4. The molecule has 0 unspecified atom stereocenters. The van der Waals surface area contributed by atoms with Crippen LogP contribution in [0.2, 0.25) is 0 Å². The fraction of sp³-hybridized carbons (Fsp3) is 0.167. The van der Waals surface area contributed by atoms with E-state index in [4.69, 9.17) is 0 Å². The SMILES string of the molecule is Cn1nccc1Nc1nccc(-c2cc(F)c3c(c2)CCN3C(=O)Cc2ccccc2Br)n1. The van der Waals surface area contributed by atoms with E-state index in [1.54, 1.807) is 28.0 Å². The Morgan fingerprint density at radius 2 is 2.03 bits per heavy atom. The fourth-order valence-electron chi connectivity index (χ4n) is 3.98. The largest absolute Gasteiger partial charge is 0.309 e. The number of amides is 1. The van der Waals surface area contributed by atoms with E-state index in [9.17, 15) is 4.79 Å². The number of aromatic nitrogens is 4. The van der Waals surface area contributed by atoms with Gasteiger partial charge in [-0.3, -0.25) is 9.48 Å². The standard InChI is InChI=1S/C24H20BrFN6O/c1-31-21(7-10-28-31)30-24-27-9-6-20(29-24)17-12-16-8-11-32(23(16)19(26)13-17)22(33)14-15-4-2-3-5-18(15)25/h2-7,9-10,12-13H,8,11,14H2,1H3,(H,27,29,30). The Labute approximate surface area is 198 Å². The zero-order valence-corrected chi connectivity index (χ0v) is 19.4. The molecule has 2 aromatic heterocycles. The molecule has 0 spiro atoms. The molecule has 166 valence electrons. The second-order valence-corrected chi connectivity index (χ2v) is 8.61. The molecule has 3 heterocycles. The number of hydrogen-bond acceptors (Lipinski definition) is 5. The van der Waals surface area contributed by atoms with Crippen LogP contribution in [0.1, 0.15) is 11.1 Å². The highest BCUT2D eigenvalue weighted by Gasteiger charge is 2.29. The lowest BCUT2D eigenvalue weighted by Crippen LogP contribution is -2.31. The van der Waals surface area contributed by atoms with Crippen molar-refractivity contribution < 1.29 is 9.18 Å². The Kier molecular flexibility index (Phi) is 5.63. The van der Waals surface area contributed by atoms with Crippen LogP contribution in [0.25, 0.3) is 11.3 Å². The molecule has 0 atom stereocenters. The predicted octanol–water partition coefficient (Wildman–Crippen LogP) is 4.65. The zero-order chi connectivity index (χ0) is 22.9. The molecule has 33 heavy (non-hydrogen) atoms. The maximum atomic E-state index is 15.3. The number of aryl methyl sites for hydroxylation is 1. The molecule has 0 bridgehead atoms. The van der Waals surface area contributed by atoms with Gasteiger partial charge >= 0.3 is 0 Å². The van der Waals surface area contributed by atoms with Gasteiger partial charge in [0.05, 0.1) is 24.0 Å². The van der Waals surface area contributed by atoms with Crippen LogP contribution >= 0.6 is 15.9 Å². The average molecular weight is 507 g/mol. The molecule has 1 aliphatic rings. The normalized spacial score (nSPS) is 12.6. The molecular formula is C24H20BrFN6O. The molecule has 0 saturated heterocycles. The molecule has 0 saturated carbocycles. The molecule has 1 amide bonds. The summed E-state index contributed by atoms with van der Waals surface area (Å²) in [4.78, 5) is 23.3. The van der Waals surface area contributed by atoms with E-state index < -0.39 is 5.82 Å². The Balaban J connectivity index is 1.40. The molecule has 9 heteroatoms. The third-order valence-electron chi connectivity index (χ3n) is 5.63. The van der Waals surface area contributed by atoms with Gasteiger partial charge in [0.25, 0.3) is 0 Å². The lowest BCUT2D eigenvalue weighted by molar-refractivity contribution is -0.117. The summed E-state index contributed by atoms with van der Waals surface area (Å²) >= 11 is 3.48. The summed E-state index contributed by atoms with van der Waals surface area (Å²) in [5, 5.41) is 7.22. The number of rotatable bonds is 5. The minimum Gasteiger partial charge on any atom is -0.309 e. The second-order valence-electron chi connectivity index (χ2n) is 7.76. The Hall–Kier alpha value is -3.59. The summed E-state index contributed by atoms with van der Waals surface area (Å²) in [5.41, 5.74) is 3.27. The molecule has 0 aliphatic carbocycles. The summed E-state index contributed by atoms with van der Waals surface area (Å²) in [6.07, 6.45) is 4.09. The Bertz CT molecular complexity index is 1350. The highest BCUT2D eigenvalue weighted by atomic mass is 79.9. The van der Waals surface area contributed by atoms with Crippen LogP contribution in [-0.2, 0) is 24.7 Å². The number of hydrogen-bond donors (Lipinski definition) is 1. The van der Waals surface area contributed by atoms with Gasteiger partial charge in [-0.05, 0) is 41.8 Å². The van der Waals surface area contributed by atoms with Crippen molar-refractivity contribution in [3.8, 4) is 11.3 Å². The smallest absolute Gasteiger partial charge is 0.231 e. The van der Waals surface area contributed by atoms with Crippen molar-refractivity contribution in [1.29, 1.82) is 0 Å². The molecule has 5 rings (SSSR count). The first-order chi connectivity index (χ1) is 16.0. The van der Waals surface area contributed by atoms with E-state index in [1.807, 2.05) is 43.4 Å². The molecule has 1 aliphatic heterocycles. The van der Waals surface area contributed by atoms with E-state index in [1.165, 1.54) is 6.07 Å². The van der Waals surface area contributed by atoms with Crippen LogP contribution in [0.5, 0.6) is 0 Å². The molecular weight excluding hydrogens is 487 g/mol. The first kappa shape index (κ1) is 21.3. The van der Waals surface area contributed by atoms with Crippen molar-refractivity contribution in [1.82, 2.24) is 19.7 Å². The van der Waals surface area contributed by atoms with Crippen LogP contribution in [0, 0.1) is 5.82 Å². The number of halogens is 2. The number of anilines is 3. The highest BCUT2D eigenvalue weighted by Crippen LogP contribution is 2.35. The van der Waals surface area contributed by atoms with E-state index in [2.05, 4.69) is 36.3 Å². The monoisotopic (exact) mass is 506 g/mol. The third-order valence-corrected chi connectivity index (χ3v) is 6.40. The van der Waals surface area contributed by atoms with Crippen LogP contribution < -0.4 is 10.2 Å². The maximum absolute atomic E-state index is 15.3. The van der Waals surface area contributed by atoms with Gasteiger partial charge in [-0.1, -0.05) is 34.1 Å². The summed E-state index contributed by atoms with van der Waals surface area (Å²) in [6.45, 7) is 0.454. The third kappa shape index (κ3) is 4.23. The van der Waals surface area contributed by atoms with E-state index >= 15 is 4.39 Å². The van der Waals surface area contributed by atoms with Crippen LogP contribution in [0.4, 0.5) is 21.8 Å². The summed E-state index contributed by atoms with van der Waals surface area (Å²) in [6, 6.07) is 14.5. The Morgan fingerprint density at radius 1 is 1.18 bits per heavy atom. The molecule has 4 aromatic rings. The van der Waals surface area contributed by atoms with Gasteiger partial charge in [-0.2, -0.15) is 5.10 Å². The first-order valence-corrected chi connectivity index (χ1v) is 11.2. The molecule has 0 radical (unpaired) electrons. The quantitative estimate of drug-likeness (QED) is 0.426. The van der Waals surface area contributed by atoms with E-state index in [0.717, 1.165) is 21.4 Å². The van der Waals surface area contributed by atoms with Gasteiger partial charge in [-0.25, -0.2) is 14.4 Å². The van der Waals surface area contributed by atoms with Crippen molar-refractivity contribution in [2.24, 2.45) is 7.05 Å². The molecule has 0 fully saturated rings. The maximum Gasteiger partial charge on any atom is 0.231 e. The average Bonchev–Trinajstić information content (AvgIpc) is 3.42. The summed E-state index contributed by atoms with van der Waals surface area (Å²) in [7, 11) is 1.81. The van der Waals surface area contributed by atoms with Gasteiger partial charge in [-0.15, -0.1) is 0 Å². The Morgan fingerprint density at radius 3 is 2.82 bits per heavy atom. The van der Waals surface area contributed by atoms with E-state index in [0.29, 0.717) is 35.9 Å². The van der Waals surface area contributed by atoms with Gasteiger partial charge in [0.1, 0.15) is 11.6 Å². The van der Waals surface area contributed by atoms with Crippen LogP contribution in [0.3, 0.4) is 0 Å².